The molecule has 0 saturated heterocycles. The fourth-order valence-corrected chi connectivity index (χ4v) is 4.02. The smallest absolute Gasteiger partial charge is 0.269 e. The fraction of sp³-hybridized carbons (Fsp3) is 0.136. The molecule has 144 valence electrons. The Bertz CT molecular complexity index is 1120. The summed E-state index contributed by atoms with van der Waals surface area (Å²) in [6.45, 7) is 0. The number of halogens is 1. The second kappa shape index (κ2) is 6.90. The Kier molecular flexibility index (Phi) is 4.21. The molecule has 0 amide bonds. The van der Waals surface area contributed by atoms with Crippen LogP contribution in [0.3, 0.4) is 0 Å². The molecule has 0 radical (unpaired) electrons. The second-order valence-electron chi connectivity index (χ2n) is 7.01. The molecule has 3 aromatic rings. The van der Waals surface area contributed by atoms with Crippen LogP contribution in [0.25, 0.3) is 0 Å². The quantitative estimate of drug-likeness (QED) is 0.426. The number of nitro benzene ring substituents is 1. The van der Waals surface area contributed by atoms with E-state index in [1.165, 1.54) is 12.1 Å². The van der Waals surface area contributed by atoms with Crippen molar-refractivity contribution in [1.29, 1.82) is 0 Å². The first-order valence-electron chi connectivity index (χ1n) is 9.22. The molecule has 0 saturated carbocycles. The summed E-state index contributed by atoms with van der Waals surface area (Å²) in [7, 11) is 0. The lowest BCUT2D eigenvalue weighted by Crippen LogP contribution is -2.33. The summed E-state index contributed by atoms with van der Waals surface area (Å²) < 4.78 is 6.26. The van der Waals surface area contributed by atoms with E-state index in [4.69, 9.17) is 21.4 Å². The first-order chi connectivity index (χ1) is 14.1. The third-order valence-electron chi connectivity index (χ3n) is 5.25. The molecule has 0 spiro atoms. The Balaban J connectivity index is 1.58. The maximum absolute atomic E-state index is 11.0. The van der Waals surface area contributed by atoms with Gasteiger partial charge in [0.1, 0.15) is 5.75 Å². The zero-order valence-electron chi connectivity index (χ0n) is 15.2. The van der Waals surface area contributed by atoms with E-state index in [-0.39, 0.29) is 11.7 Å². The van der Waals surface area contributed by atoms with E-state index in [0.717, 1.165) is 34.6 Å². The number of ether oxygens (including phenoxy) is 1. The Hall–Kier alpha value is -3.38. The minimum Gasteiger partial charge on any atom is -0.464 e. The average molecular weight is 406 g/mol. The van der Waals surface area contributed by atoms with Gasteiger partial charge < -0.3 is 4.74 Å². The van der Waals surface area contributed by atoms with Crippen molar-refractivity contribution < 1.29 is 9.66 Å². The number of nitrogens with zero attached hydrogens (tertiary/aromatic N) is 3. The van der Waals surface area contributed by atoms with Crippen molar-refractivity contribution in [3.63, 3.8) is 0 Å². The molecule has 2 aliphatic heterocycles. The monoisotopic (exact) mass is 405 g/mol. The normalized spacial score (nSPS) is 19.8. The lowest BCUT2D eigenvalue weighted by molar-refractivity contribution is -0.384. The van der Waals surface area contributed by atoms with Crippen LogP contribution in [0.2, 0.25) is 5.02 Å². The van der Waals surface area contributed by atoms with Gasteiger partial charge in [-0.2, -0.15) is 5.10 Å². The van der Waals surface area contributed by atoms with Crippen molar-refractivity contribution >= 4 is 23.0 Å². The average Bonchev–Trinajstić information content (AvgIpc) is 3.20. The summed E-state index contributed by atoms with van der Waals surface area (Å²) >= 11 is 6.25. The van der Waals surface area contributed by atoms with E-state index in [9.17, 15) is 10.1 Å². The van der Waals surface area contributed by atoms with Crippen LogP contribution in [-0.2, 0) is 0 Å². The van der Waals surface area contributed by atoms with Gasteiger partial charge in [0.15, 0.2) is 0 Å². The van der Waals surface area contributed by atoms with Crippen LogP contribution in [0.5, 0.6) is 5.75 Å². The molecular formula is C22H16ClN3O3. The number of fused-ring (bicyclic) bond motifs is 3. The van der Waals surface area contributed by atoms with Gasteiger partial charge in [-0.05, 0) is 35.9 Å². The van der Waals surface area contributed by atoms with Gasteiger partial charge in [0.25, 0.3) is 5.69 Å². The van der Waals surface area contributed by atoms with Crippen molar-refractivity contribution in [2.75, 3.05) is 0 Å². The minimum absolute atomic E-state index is 0.0205. The topological polar surface area (TPSA) is 68.0 Å². The van der Waals surface area contributed by atoms with Crippen LogP contribution in [0.15, 0.2) is 77.9 Å². The zero-order chi connectivity index (χ0) is 20.0. The van der Waals surface area contributed by atoms with Crippen LogP contribution in [0.4, 0.5) is 5.69 Å². The molecule has 2 aliphatic rings. The van der Waals surface area contributed by atoms with E-state index < -0.39 is 11.2 Å². The second-order valence-corrected chi connectivity index (χ2v) is 7.45. The van der Waals surface area contributed by atoms with Gasteiger partial charge in [-0.3, -0.25) is 10.1 Å². The SMILES string of the molecule is O=[N+]([O-])c1ccc(C2Oc3ccc(Cl)cc3C3CC(c4ccccc4)=NN32)cc1. The largest absolute Gasteiger partial charge is 0.464 e. The van der Waals surface area contributed by atoms with Crippen molar-refractivity contribution in [2.24, 2.45) is 5.10 Å². The molecule has 0 N–H and O–H groups in total. The third-order valence-corrected chi connectivity index (χ3v) is 5.48. The third kappa shape index (κ3) is 3.11. The molecule has 29 heavy (non-hydrogen) atoms. The van der Waals surface area contributed by atoms with Gasteiger partial charge in [-0.1, -0.05) is 41.9 Å². The molecule has 2 unspecified atom stereocenters. The molecule has 2 atom stereocenters. The Morgan fingerprint density at radius 3 is 2.55 bits per heavy atom. The zero-order valence-corrected chi connectivity index (χ0v) is 16.0. The summed E-state index contributed by atoms with van der Waals surface area (Å²) in [6.07, 6.45) is 0.250. The molecule has 2 heterocycles. The standard InChI is InChI=1S/C22H16ClN3O3/c23-16-8-11-21-18(12-16)20-13-19(14-4-2-1-3-5-14)24-25(20)22(29-21)15-6-9-17(10-7-15)26(27)28/h1-12,20,22H,13H2. The fourth-order valence-electron chi connectivity index (χ4n) is 3.84. The van der Waals surface area contributed by atoms with Crippen LogP contribution < -0.4 is 4.74 Å². The first-order valence-corrected chi connectivity index (χ1v) is 9.59. The lowest BCUT2D eigenvalue weighted by Gasteiger charge is -2.38. The summed E-state index contributed by atoms with van der Waals surface area (Å²) in [6, 6.07) is 22.0. The van der Waals surface area contributed by atoms with Crippen LogP contribution >= 0.6 is 11.6 Å². The maximum Gasteiger partial charge on any atom is 0.269 e. The van der Waals surface area contributed by atoms with Crippen molar-refractivity contribution in [1.82, 2.24) is 5.01 Å². The predicted molar refractivity (Wildman–Crippen MR) is 110 cm³/mol. The van der Waals surface area contributed by atoms with Crippen LogP contribution in [0, 0.1) is 10.1 Å². The summed E-state index contributed by atoms with van der Waals surface area (Å²) in [5.41, 5.74) is 3.87. The summed E-state index contributed by atoms with van der Waals surface area (Å²) in [4.78, 5) is 10.6. The number of hydrazone groups is 1. The number of nitro groups is 1. The highest BCUT2D eigenvalue weighted by Gasteiger charge is 2.41. The minimum atomic E-state index is -0.476. The highest BCUT2D eigenvalue weighted by atomic mass is 35.5. The van der Waals surface area contributed by atoms with E-state index in [1.807, 2.05) is 47.5 Å². The number of hydrogen-bond acceptors (Lipinski definition) is 5. The van der Waals surface area contributed by atoms with E-state index in [1.54, 1.807) is 18.2 Å². The molecule has 7 heteroatoms. The summed E-state index contributed by atoms with van der Waals surface area (Å²) in [5, 5.41) is 18.4. The van der Waals surface area contributed by atoms with Crippen molar-refractivity contribution in [3.8, 4) is 5.75 Å². The van der Waals surface area contributed by atoms with Crippen LogP contribution in [-0.4, -0.2) is 15.6 Å². The Morgan fingerprint density at radius 1 is 1.07 bits per heavy atom. The summed E-state index contributed by atoms with van der Waals surface area (Å²) in [5.74, 6) is 0.753. The van der Waals surface area contributed by atoms with Gasteiger partial charge in [0.2, 0.25) is 6.23 Å². The maximum atomic E-state index is 11.0. The van der Waals surface area contributed by atoms with Gasteiger partial charge in [-0.25, -0.2) is 5.01 Å². The Labute approximate surface area is 172 Å². The highest BCUT2D eigenvalue weighted by Crippen LogP contribution is 2.48. The van der Waals surface area contributed by atoms with Gasteiger partial charge in [0, 0.05) is 34.7 Å². The van der Waals surface area contributed by atoms with E-state index in [0.29, 0.717) is 5.02 Å². The van der Waals surface area contributed by atoms with Gasteiger partial charge >= 0.3 is 0 Å². The molecule has 0 aliphatic carbocycles. The highest BCUT2D eigenvalue weighted by molar-refractivity contribution is 6.30. The van der Waals surface area contributed by atoms with E-state index >= 15 is 0 Å². The van der Waals surface area contributed by atoms with Crippen molar-refractivity contribution in [2.45, 2.75) is 18.7 Å². The molecular weight excluding hydrogens is 390 g/mol. The molecule has 5 rings (SSSR count). The predicted octanol–water partition coefficient (Wildman–Crippen LogP) is 5.49. The molecule has 6 nitrogen and oxygen atoms in total. The van der Waals surface area contributed by atoms with Crippen LogP contribution in [0.1, 0.15) is 35.4 Å². The lowest BCUT2D eigenvalue weighted by atomic mass is 9.96. The molecule has 0 bridgehead atoms. The molecule has 0 fully saturated rings. The molecule has 3 aromatic carbocycles. The molecule has 0 aromatic heterocycles. The van der Waals surface area contributed by atoms with Gasteiger partial charge in [0.05, 0.1) is 16.7 Å². The number of rotatable bonds is 3. The number of benzene rings is 3. The van der Waals surface area contributed by atoms with Gasteiger partial charge in [-0.15, -0.1) is 0 Å². The van der Waals surface area contributed by atoms with E-state index in [2.05, 4.69) is 0 Å². The Morgan fingerprint density at radius 2 is 1.83 bits per heavy atom. The number of non-ortho nitro benzene ring substituents is 1. The van der Waals surface area contributed by atoms with Crippen molar-refractivity contribution in [3.05, 3.63) is 105 Å². The number of hydrogen-bond donors (Lipinski definition) is 0. The first kappa shape index (κ1) is 17.7.